The Bertz CT molecular complexity index is 612. The highest BCUT2D eigenvalue weighted by Gasteiger charge is 2.47. The number of hydrogen-bond donors (Lipinski definition) is 1. The molecule has 3 saturated carbocycles. The van der Waals surface area contributed by atoms with Gasteiger partial charge in [-0.2, -0.15) is 5.26 Å². The van der Waals surface area contributed by atoms with Gasteiger partial charge in [0, 0.05) is 6.04 Å². The van der Waals surface area contributed by atoms with Crippen molar-refractivity contribution >= 4 is 7.85 Å². The Morgan fingerprint density at radius 3 is 2.92 bits per heavy atom. The number of nitrogens with two attached hydrogens (primary N) is 1. The molecule has 3 aliphatic rings. The SMILES string of the molecule is BCC1CCC2/C(=C/C=C3/CC(N)CC(C#N)C3=C)CCCC12C. The molecule has 24 heavy (non-hydrogen) atoms. The average Bonchev–Trinajstić information content (AvgIpc) is 2.91. The van der Waals surface area contributed by atoms with Crippen LogP contribution in [0.5, 0.6) is 0 Å². The number of allylic oxidation sites excluding steroid dienone is 4. The third-order valence-electron chi connectivity index (χ3n) is 7.16. The van der Waals surface area contributed by atoms with Crippen molar-refractivity contribution in [2.75, 3.05) is 0 Å². The first-order chi connectivity index (χ1) is 11.5. The summed E-state index contributed by atoms with van der Waals surface area (Å²) >= 11 is 0. The molecule has 3 rings (SSSR count). The number of nitriles is 1. The van der Waals surface area contributed by atoms with Crippen LogP contribution in [0.25, 0.3) is 0 Å². The van der Waals surface area contributed by atoms with Crippen LogP contribution in [0.1, 0.15) is 51.9 Å². The molecule has 2 N–H and O–H groups in total. The van der Waals surface area contributed by atoms with Crippen molar-refractivity contribution in [1.82, 2.24) is 0 Å². The van der Waals surface area contributed by atoms with Gasteiger partial charge in [0.2, 0.25) is 0 Å². The molecule has 0 aromatic heterocycles. The second-order valence-electron chi connectivity index (χ2n) is 8.43. The maximum Gasteiger partial charge on any atom is 0.101 e. The lowest BCUT2D eigenvalue weighted by Gasteiger charge is -2.42. The van der Waals surface area contributed by atoms with E-state index in [0.29, 0.717) is 5.41 Å². The van der Waals surface area contributed by atoms with Gasteiger partial charge < -0.3 is 5.73 Å². The zero-order valence-electron chi connectivity index (χ0n) is 15.4. The summed E-state index contributed by atoms with van der Waals surface area (Å²) in [5.74, 6) is 1.54. The summed E-state index contributed by atoms with van der Waals surface area (Å²) in [6, 6.07) is 2.46. The van der Waals surface area contributed by atoms with Gasteiger partial charge in [-0.05, 0) is 73.3 Å². The van der Waals surface area contributed by atoms with Crippen LogP contribution in [0.3, 0.4) is 0 Å². The fourth-order valence-corrected chi connectivity index (χ4v) is 5.70. The molecule has 3 aliphatic carbocycles. The lowest BCUT2D eigenvalue weighted by Crippen LogP contribution is -2.33. The van der Waals surface area contributed by atoms with E-state index in [2.05, 4.69) is 39.6 Å². The third kappa shape index (κ3) is 3.02. The highest BCUT2D eigenvalue weighted by Crippen LogP contribution is 2.58. The molecule has 0 heterocycles. The smallest absolute Gasteiger partial charge is 0.101 e. The van der Waals surface area contributed by atoms with Crippen LogP contribution in [-0.2, 0) is 0 Å². The fourth-order valence-electron chi connectivity index (χ4n) is 5.70. The van der Waals surface area contributed by atoms with Crippen LogP contribution in [0.2, 0.25) is 6.32 Å². The number of nitrogens with zero attached hydrogens (tertiary/aromatic N) is 1. The average molecular weight is 322 g/mol. The number of hydrogen-bond acceptors (Lipinski definition) is 2. The first-order valence-corrected chi connectivity index (χ1v) is 9.73. The van der Waals surface area contributed by atoms with Gasteiger partial charge in [-0.1, -0.05) is 37.5 Å². The van der Waals surface area contributed by atoms with Crippen LogP contribution < -0.4 is 5.73 Å². The van der Waals surface area contributed by atoms with Crippen LogP contribution in [0.15, 0.2) is 35.5 Å². The fraction of sp³-hybridized carbons (Fsp3) is 0.667. The molecule has 0 spiro atoms. The molecule has 5 atom stereocenters. The second-order valence-corrected chi connectivity index (χ2v) is 8.43. The molecule has 0 aromatic rings. The van der Waals surface area contributed by atoms with Gasteiger partial charge in [0.15, 0.2) is 0 Å². The van der Waals surface area contributed by atoms with Crippen molar-refractivity contribution in [2.45, 2.75) is 64.2 Å². The van der Waals surface area contributed by atoms with E-state index in [1.807, 2.05) is 0 Å². The van der Waals surface area contributed by atoms with Gasteiger partial charge in [-0.15, -0.1) is 0 Å². The quantitative estimate of drug-likeness (QED) is 0.783. The molecule has 3 fully saturated rings. The van der Waals surface area contributed by atoms with Gasteiger partial charge in [-0.25, -0.2) is 0 Å². The lowest BCUT2D eigenvalue weighted by molar-refractivity contribution is 0.147. The Morgan fingerprint density at radius 2 is 2.21 bits per heavy atom. The normalized spacial score (nSPS) is 43.0. The zero-order valence-corrected chi connectivity index (χ0v) is 15.4. The van der Waals surface area contributed by atoms with E-state index in [4.69, 9.17) is 5.73 Å². The van der Waals surface area contributed by atoms with Gasteiger partial charge in [0.05, 0.1) is 12.0 Å². The van der Waals surface area contributed by atoms with Gasteiger partial charge in [0.25, 0.3) is 0 Å². The third-order valence-corrected chi connectivity index (χ3v) is 7.16. The predicted octanol–water partition coefficient (Wildman–Crippen LogP) is 3.92. The molecule has 0 radical (unpaired) electrons. The maximum absolute atomic E-state index is 9.32. The maximum atomic E-state index is 9.32. The zero-order chi connectivity index (χ0) is 17.3. The summed E-state index contributed by atoms with van der Waals surface area (Å²) in [5, 5.41) is 9.32. The monoisotopic (exact) mass is 322 g/mol. The minimum absolute atomic E-state index is 0.0948. The highest BCUT2D eigenvalue weighted by atomic mass is 14.6. The number of fused-ring (bicyclic) bond motifs is 1. The van der Waals surface area contributed by atoms with E-state index in [-0.39, 0.29) is 12.0 Å². The van der Waals surface area contributed by atoms with Crippen molar-refractivity contribution in [1.29, 1.82) is 5.26 Å². The second kappa shape index (κ2) is 6.92. The van der Waals surface area contributed by atoms with Gasteiger partial charge in [0.1, 0.15) is 7.85 Å². The lowest BCUT2D eigenvalue weighted by atomic mass is 9.61. The summed E-state index contributed by atoms with van der Waals surface area (Å²) in [6.07, 6.45) is 14.2. The molecular weight excluding hydrogens is 291 g/mol. The van der Waals surface area contributed by atoms with E-state index >= 15 is 0 Å². The van der Waals surface area contributed by atoms with Crippen molar-refractivity contribution in [3.63, 3.8) is 0 Å². The first kappa shape index (κ1) is 17.6. The molecule has 0 saturated heterocycles. The van der Waals surface area contributed by atoms with Crippen molar-refractivity contribution in [3.05, 3.63) is 35.5 Å². The Hall–Kier alpha value is -1.27. The summed E-state index contributed by atoms with van der Waals surface area (Å²) in [4.78, 5) is 0. The van der Waals surface area contributed by atoms with Crippen LogP contribution in [0, 0.1) is 34.5 Å². The molecule has 0 amide bonds. The Morgan fingerprint density at radius 1 is 1.42 bits per heavy atom. The van der Waals surface area contributed by atoms with Crippen molar-refractivity contribution in [2.24, 2.45) is 28.9 Å². The van der Waals surface area contributed by atoms with Crippen molar-refractivity contribution in [3.8, 4) is 6.07 Å². The van der Waals surface area contributed by atoms with Gasteiger partial charge >= 0.3 is 0 Å². The summed E-state index contributed by atoms with van der Waals surface area (Å²) in [6.45, 7) is 6.70. The molecule has 0 aliphatic heterocycles. The van der Waals surface area contributed by atoms with Crippen LogP contribution in [-0.4, -0.2) is 13.9 Å². The largest absolute Gasteiger partial charge is 0.327 e. The Labute approximate surface area is 148 Å². The molecule has 5 unspecified atom stereocenters. The first-order valence-electron chi connectivity index (χ1n) is 9.73. The van der Waals surface area contributed by atoms with Crippen LogP contribution in [0.4, 0.5) is 0 Å². The molecular formula is C21H31BN2. The molecule has 0 bridgehead atoms. The van der Waals surface area contributed by atoms with E-state index in [0.717, 1.165) is 30.3 Å². The minimum atomic E-state index is -0.106. The predicted molar refractivity (Wildman–Crippen MR) is 103 cm³/mol. The van der Waals surface area contributed by atoms with Crippen molar-refractivity contribution < 1.29 is 0 Å². The van der Waals surface area contributed by atoms with Gasteiger partial charge in [-0.3, -0.25) is 0 Å². The van der Waals surface area contributed by atoms with E-state index in [9.17, 15) is 5.26 Å². The van der Waals surface area contributed by atoms with E-state index in [1.54, 1.807) is 5.57 Å². The number of rotatable bonds is 2. The van der Waals surface area contributed by atoms with Crippen LogP contribution >= 0.6 is 0 Å². The van der Waals surface area contributed by atoms with E-state index < -0.39 is 0 Å². The molecule has 2 nitrogen and oxygen atoms in total. The Kier molecular flexibility index (Phi) is 5.07. The summed E-state index contributed by atoms with van der Waals surface area (Å²) in [7, 11) is 2.35. The molecule has 3 heteroatoms. The Balaban J connectivity index is 1.83. The standard InChI is InChI=1S/C21H31BN2/c1-14-16(10-19(24)11-17(14)13-23)6-5-15-4-3-9-21(2)18(12-22)7-8-20(15)21/h5-6,17-20H,1,3-4,7-12,22,24H2,2H3/b15-5+,16-6-. The summed E-state index contributed by atoms with van der Waals surface area (Å²) in [5.41, 5.74) is 10.5. The summed E-state index contributed by atoms with van der Waals surface area (Å²) < 4.78 is 0. The minimum Gasteiger partial charge on any atom is -0.327 e. The van der Waals surface area contributed by atoms with E-state index in [1.165, 1.54) is 44.0 Å². The molecule has 128 valence electrons. The topological polar surface area (TPSA) is 49.8 Å². The molecule has 0 aromatic carbocycles. The highest BCUT2D eigenvalue weighted by molar-refractivity contribution is 6.08.